The molecule has 1 aromatic carbocycles. The van der Waals surface area contributed by atoms with E-state index in [4.69, 9.17) is 0 Å². The highest BCUT2D eigenvalue weighted by Gasteiger charge is 2.51. The van der Waals surface area contributed by atoms with Crippen molar-refractivity contribution in [1.29, 1.82) is 0 Å². The maximum atomic E-state index is 11.8. The minimum atomic E-state index is -0.764. The zero-order valence-electron chi connectivity index (χ0n) is 11.6. The molecule has 0 aromatic heterocycles. The van der Waals surface area contributed by atoms with E-state index in [0.717, 1.165) is 23.5 Å². The first-order valence-electron chi connectivity index (χ1n) is 7.09. The van der Waals surface area contributed by atoms with E-state index in [9.17, 15) is 14.7 Å². The zero-order valence-corrected chi connectivity index (χ0v) is 12.4. The number of urea groups is 1. The van der Waals surface area contributed by atoms with E-state index in [-0.39, 0.29) is 12.1 Å². The molecule has 0 radical (unpaired) electrons. The number of carboxylic acids is 1. The summed E-state index contributed by atoms with van der Waals surface area (Å²) < 4.78 is 0. The molecule has 1 heterocycles. The standard InChI is InChI=1S/C15H18N2O3S/c18-13(19)15(6-7-15)10-1-3-11(4-2-10)16-14(20)17-12-5-8-21-9-12/h1-4,12H,5-9H2,(H,18,19)(H2,16,17,20). The Kier molecular flexibility index (Phi) is 3.80. The third-order valence-corrected chi connectivity index (χ3v) is 5.28. The van der Waals surface area contributed by atoms with Gasteiger partial charge < -0.3 is 15.7 Å². The highest BCUT2D eigenvalue weighted by molar-refractivity contribution is 7.99. The molecule has 1 aliphatic heterocycles. The van der Waals surface area contributed by atoms with Crippen LogP contribution in [0.5, 0.6) is 0 Å². The number of carbonyl (C=O) groups is 2. The molecule has 3 N–H and O–H groups in total. The molecule has 6 heteroatoms. The molecular weight excluding hydrogens is 288 g/mol. The van der Waals surface area contributed by atoms with Crippen molar-refractivity contribution in [2.75, 3.05) is 16.8 Å². The van der Waals surface area contributed by atoms with Crippen LogP contribution in [0.2, 0.25) is 0 Å². The van der Waals surface area contributed by atoms with Gasteiger partial charge in [-0.2, -0.15) is 11.8 Å². The van der Waals surface area contributed by atoms with Crippen LogP contribution in [0.15, 0.2) is 24.3 Å². The Morgan fingerprint density at radius 3 is 2.48 bits per heavy atom. The first kappa shape index (κ1) is 14.3. The van der Waals surface area contributed by atoms with Crippen molar-refractivity contribution >= 4 is 29.4 Å². The first-order chi connectivity index (χ1) is 10.1. The molecule has 112 valence electrons. The number of amides is 2. The summed E-state index contributed by atoms with van der Waals surface area (Å²) in [5, 5.41) is 15.0. The molecule has 1 aliphatic carbocycles. The van der Waals surface area contributed by atoms with Crippen molar-refractivity contribution in [2.45, 2.75) is 30.7 Å². The number of aliphatic carboxylic acids is 1. The van der Waals surface area contributed by atoms with Gasteiger partial charge in [0, 0.05) is 17.5 Å². The SMILES string of the molecule is O=C(Nc1ccc(C2(C(=O)O)CC2)cc1)NC1CCSC1. The number of benzene rings is 1. The Hall–Kier alpha value is -1.69. The van der Waals surface area contributed by atoms with E-state index in [1.54, 1.807) is 24.3 Å². The topological polar surface area (TPSA) is 78.4 Å². The Balaban J connectivity index is 1.59. The number of hydrogen-bond acceptors (Lipinski definition) is 3. The van der Waals surface area contributed by atoms with E-state index in [1.165, 1.54) is 0 Å². The molecule has 2 aliphatic rings. The number of thioether (sulfide) groups is 1. The molecule has 1 saturated carbocycles. The minimum Gasteiger partial charge on any atom is -0.481 e. The summed E-state index contributed by atoms with van der Waals surface area (Å²) in [4.78, 5) is 23.1. The quantitative estimate of drug-likeness (QED) is 0.798. The summed E-state index contributed by atoms with van der Waals surface area (Å²) in [6.07, 6.45) is 2.39. The van der Waals surface area contributed by atoms with Crippen molar-refractivity contribution < 1.29 is 14.7 Å². The molecule has 1 aromatic rings. The predicted octanol–water partition coefficient (Wildman–Crippen LogP) is 2.43. The van der Waals surface area contributed by atoms with Gasteiger partial charge in [0.1, 0.15) is 0 Å². The van der Waals surface area contributed by atoms with Gasteiger partial charge in [-0.05, 0) is 42.7 Å². The van der Waals surface area contributed by atoms with Crippen LogP contribution in [0.4, 0.5) is 10.5 Å². The van der Waals surface area contributed by atoms with Gasteiger partial charge >= 0.3 is 12.0 Å². The van der Waals surface area contributed by atoms with Crippen LogP contribution in [-0.4, -0.2) is 34.7 Å². The van der Waals surface area contributed by atoms with Crippen molar-refractivity contribution in [2.24, 2.45) is 0 Å². The Labute approximate surface area is 127 Å². The van der Waals surface area contributed by atoms with Gasteiger partial charge in [0.25, 0.3) is 0 Å². The van der Waals surface area contributed by atoms with Crippen LogP contribution in [0.3, 0.4) is 0 Å². The largest absolute Gasteiger partial charge is 0.481 e. The molecule has 1 atom stereocenters. The number of rotatable bonds is 4. The van der Waals surface area contributed by atoms with Crippen LogP contribution in [0.25, 0.3) is 0 Å². The summed E-state index contributed by atoms with van der Waals surface area (Å²) in [5.41, 5.74) is 0.804. The molecule has 1 unspecified atom stereocenters. The van der Waals surface area contributed by atoms with E-state index in [0.29, 0.717) is 18.5 Å². The number of anilines is 1. The molecule has 0 bridgehead atoms. The average molecular weight is 306 g/mol. The molecule has 0 spiro atoms. The molecular formula is C15H18N2O3S. The smallest absolute Gasteiger partial charge is 0.319 e. The van der Waals surface area contributed by atoms with Crippen molar-refractivity contribution in [3.63, 3.8) is 0 Å². The molecule has 1 saturated heterocycles. The Morgan fingerprint density at radius 1 is 1.24 bits per heavy atom. The van der Waals surface area contributed by atoms with Gasteiger partial charge in [0.2, 0.25) is 0 Å². The summed E-state index contributed by atoms with van der Waals surface area (Å²) >= 11 is 1.85. The van der Waals surface area contributed by atoms with Gasteiger partial charge in [-0.3, -0.25) is 4.79 Å². The third-order valence-electron chi connectivity index (χ3n) is 4.12. The third kappa shape index (κ3) is 3.00. The number of hydrogen-bond donors (Lipinski definition) is 3. The summed E-state index contributed by atoms with van der Waals surface area (Å²) in [6.45, 7) is 0. The van der Waals surface area contributed by atoms with Gasteiger partial charge in [0.15, 0.2) is 0 Å². The van der Waals surface area contributed by atoms with Gasteiger partial charge in [-0.25, -0.2) is 4.79 Å². The zero-order chi connectivity index (χ0) is 14.9. The summed E-state index contributed by atoms with van der Waals surface area (Å²) in [7, 11) is 0. The summed E-state index contributed by atoms with van der Waals surface area (Å²) in [5.74, 6) is 1.30. The fourth-order valence-electron chi connectivity index (χ4n) is 2.62. The van der Waals surface area contributed by atoms with Crippen LogP contribution in [0.1, 0.15) is 24.8 Å². The highest BCUT2D eigenvalue weighted by Crippen LogP contribution is 2.48. The van der Waals surface area contributed by atoms with Gasteiger partial charge in [0.05, 0.1) is 5.41 Å². The van der Waals surface area contributed by atoms with Crippen LogP contribution in [0, 0.1) is 0 Å². The second-order valence-electron chi connectivity index (χ2n) is 5.62. The maximum absolute atomic E-state index is 11.8. The van der Waals surface area contributed by atoms with Gasteiger partial charge in [-0.1, -0.05) is 12.1 Å². The van der Waals surface area contributed by atoms with Crippen LogP contribution >= 0.6 is 11.8 Å². The van der Waals surface area contributed by atoms with Crippen LogP contribution in [-0.2, 0) is 10.2 Å². The lowest BCUT2D eigenvalue weighted by Crippen LogP contribution is -2.37. The molecule has 2 fully saturated rings. The van der Waals surface area contributed by atoms with E-state index >= 15 is 0 Å². The normalized spacial score (nSPS) is 22.6. The Bertz CT molecular complexity index is 549. The molecule has 21 heavy (non-hydrogen) atoms. The molecule has 5 nitrogen and oxygen atoms in total. The second kappa shape index (κ2) is 5.60. The van der Waals surface area contributed by atoms with Gasteiger partial charge in [-0.15, -0.1) is 0 Å². The predicted molar refractivity (Wildman–Crippen MR) is 82.9 cm³/mol. The van der Waals surface area contributed by atoms with E-state index in [1.807, 2.05) is 11.8 Å². The lowest BCUT2D eigenvalue weighted by molar-refractivity contribution is -0.140. The highest BCUT2D eigenvalue weighted by atomic mass is 32.2. The van der Waals surface area contributed by atoms with Crippen molar-refractivity contribution in [1.82, 2.24) is 5.32 Å². The Morgan fingerprint density at radius 2 is 1.95 bits per heavy atom. The first-order valence-corrected chi connectivity index (χ1v) is 8.25. The fraction of sp³-hybridized carbons (Fsp3) is 0.467. The van der Waals surface area contributed by atoms with Crippen molar-refractivity contribution in [3.05, 3.63) is 29.8 Å². The monoisotopic (exact) mass is 306 g/mol. The average Bonchev–Trinajstić information content (AvgIpc) is 3.12. The lowest BCUT2D eigenvalue weighted by atomic mass is 9.96. The molecule has 2 amide bonds. The minimum absolute atomic E-state index is 0.199. The number of carbonyl (C=O) groups excluding carboxylic acids is 1. The van der Waals surface area contributed by atoms with E-state index in [2.05, 4.69) is 10.6 Å². The van der Waals surface area contributed by atoms with Crippen LogP contribution < -0.4 is 10.6 Å². The lowest BCUT2D eigenvalue weighted by Gasteiger charge is -2.14. The number of carboxylic acid groups (broad SMARTS) is 1. The van der Waals surface area contributed by atoms with E-state index < -0.39 is 11.4 Å². The molecule has 3 rings (SSSR count). The summed E-state index contributed by atoms with van der Waals surface area (Å²) in [6, 6.07) is 7.16. The fourth-order valence-corrected chi connectivity index (χ4v) is 3.78. The maximum Gasteiger partial charge on any atom is 0.319 e. The van der Waals surface area contributed by atoms with Crippen molar-refractivity contribution in [3.8, 4) is 0 Å². The second-order valence-corrected chi connectivity index (χ2v) is 6.77. The number of nitrogens with one attached hydrogen (secondary N) is 2.